The van der Waals surface area contributed by atoms with Crippen molar-refractivity contribution in [3.05, 3.63) is 66.0 Å². The van der Waals surface area contributed by atoms with Gasteiger partial charge in [0.25, 0.3) is 5.91 Å². The highest BCUT2D eigenvalue weighted by Crippen LogP contribution is 2.18. The Labute approximate surface area is 134 Å². The van der Waals surface area contributed by atoms with E-state index in [1.165, 1.54) is 23.1 Å². The van der Waals surface area contributed by atoms with Crippen LogP contribution in [0.5, 0.6) is 0 Å². The molecule has 4 nitrogen and oxygen atoms in total. The lowest BCUT2D eigenvalue weighted by Gasteiger charge is -2.22. The topological polar surface area (TPSA) is 40.6 Å². The zero-order valence-corrected chi connectivity index (χ0v) is 12.6. The summed E-state index contributed by atoms with van der Waals surface area (Å²) < 4.78 is 13.8. The molecular weight excluding hydrogens is 295 g/mol. The monoisotopic (exact) mass is 312 g/mol. The molecule has 5 heteroatoms. The fourth-order valence-electron chi connectivity index (χ4n) is 2.73. The van der Waals surface area contributed by atoms with Crippen molar-refractivity contribution < 1.29 is 14.0 Å². The van der Waals surface area contributed by atoms with Crippen molar-refractivity contribution in [2.24, 2.45) is 0 Å². The number of carbonyl (C=O) groups is 2. The summed E-state index contributed by atoms with van der Waals surface area (Å²) >= 11 is 0. The van der Waals surface area contributed by atoms with E-state index in [9.17, 15) is 14.0 Å². The van der Waals surface area contributed by atoms with Crippen molar-refractivity contribution in [1.82, 2.24) is 4.90 Å². The van der Waals surface area contributed by atoms with Gasteiger partial charge in [-0.25, -0.2) is 4.39 Å². The Morgan fingerprint density at radius 3 is 2.39 bits per heavy atom. The van der Waals surface area contributed by atoms with Gasteiger partial charge in [-0.2, -0.15) is 0 Å². The summed E-state index contributed by atoms with van der Waals surface area (Å²) in [5, 5.41) is 0. The first-order chi connectivity index (χ1) is 11.2. The van der Waals surface area contributed by atoms with Crippen LogP contribution >= 0.6 is 0 Å². The fraction of sp³-hybridized carbons (Fsp3) is 0.222. The van der Waals surface area contributed by atoms with Gasteiger partial charge in [0, 0.05) is 18.8 Å². The highest BCUT2D eigenvalue weighted by molar-refractivity contribution is 6.00. The maximum absolute atomic E-state index is 13.8. The van der Waals surface area contributed by atoms with Crippen molar-refractivity contribution in [3.63, 3.8) is 0 Å². The molecule has 1 aliphatic rings. The Hall–Kier alpha value is -2.69. The van der Waals surface area contributed by atoms with Crippen LogP contribution in [-0.4, -0.2) is 36.3 Å². The van der Waals surface area contributed by atoms with E-state index in [0.717, 1.165) is 5.69 Å². The minimum absolute atomic E-state index is 0.00783. The van der Waals surface area contributed by atoms with Gasteiger partial charge >= 0.3 is 0 Å². The van der Waals surface area contributed by atoms with E-state index < -0.39 is 11.7 Å². The number of anilines is 1. The van der Waals surface area contributed by atoms with E-state index >= 15 is 0 Å². The molecule has 2 aromatic rings. The molecule has 2 amide bonds. The molecule has 0 spiro atoms. The quantitative estimate of drug-likeness (QED) is 0.855. The van der Waals surface area contributed by atoms with E-state index in [2.05, 4.69) is 0 Å². The number of hydrogen-bond acceptors (Lipinski definition) is 2. The molecule has 1 fully saturated rings. The molecule has 0 atom stereocenters. The predicted molar refractivity (Wildman–Crippen MR) is 85.7 cm³/mol. The summed E-state index contributed by atoms with van der Waals surface area (Å²) in [4.78, 5) is 28.1. The molecule has 0 aromatic heterocycles. The summed E-state index contributed by atoms with van der Waals surface area (Å²) in [6.07, 6.45) is 0.654. The van der Waals surface area contributed by atoms with Gasteiger partial charge in [0.2, 0.25) is 5.91 Å². The molecule has 3 rings (SSSR count). The van der Waals surface area contributed by atoms with Gasteiger partial charge in [-0.3, -0.25) is 9.59 Å². The highest BCUT2D eigenvalue weighted by Gasteiger charge is 2.27. The first kappa shape index (κ1) is 15.2. The van der Waals surface area contributed by atoms with E-state index in [1.807, 2.05) is 30.3 Å². The number of amides is 2. The number of hydrogen-bond donors (Lipinski definition) is 0. The number of para-hydroxylation sites is 1. The summed E-state index contributed by atoms with van der Waals surface area (Å²) in [5.74, 6) is -1.15. The summed E-state index contributed by atoms with van der Waals surface area (Å²) in [6, 6.07) is 15.2. The number of nitrogens with zero attached hydrogens (tertiary/aromatic N) is 2. The van der Waals surface area contributed by atoms with Crippen LogP contribution in [0.4, 0.5) is 10.1 Å². The fourth-order valence-corrected chi connectivity index (χ4v) is 2.73. The molecule has 0 unspecified atom stereocenters. The van der Waals surface area contributed by atoms with Gasteiger partial charge in [-0.05, 0) is 30.7 Å². The standard InChI is InChI=1S/C18H17FN2O2/c19-16-10-5-4-9-15(16)18(23)20-11-6-12-21(17(22)13-20)14-7-2-1-3-8-14/h1-5,7-10H,6,11-13H2. The smallest absolute Gasteiger partial charge is 0.257 e. The Bertz CT molecular complexity index is 718. The van der Waals surface area contributed by atoms with Gasteiger partial charge < -0.3 is 9.80 Å². The van der Waals surface area contributed by atoms with E-state index in [1.54, 1.807) is 11.0 Å². The molecule has 118 valence electrons. The van der Waals surface area contributed by atoms with Gasteiger partial charge in [-0.1, -0.05) is 30.3 Å². The molecular formula is C18H17FN2O2. The minimum Gasteiger partial charge on any atom is -0.329 e. The second-order valence-corrected chi connectivity index (χ2v) is 5.44. The van der Waals surface area contributed by atoms with Gasteiger partial charge in [0.15, 0.2) is 0 Å². The number of benzene rings is 2. The van der Waals surface area contributed by atoms with Crippen LogP contribution in [0.25, 0.3) is 0 Å². The van der Waals surface area contributed by atoms with E-state index in [-0.39, 0.29) is 18.0 Å². The van der Waals surface area contributed by atoms with Gasteiger partial charge in [-0.15, -0.1) is 0 Å². The van der Waals surface area contributed by atoms with Crippen LogP contribution in [-0.2, 0) is 4.79 Å². The third-order valence-corrected chi connectivity index (χ3v) is 3.90. The largest absolute Gasteiger partial charge is 0.329 e. The maximum atomic E-state index is 13.8. The van der Waals surface area contributed by atoms with Crippen molar-refractivity contribution in [3.8, 4) is 0 Å². The number of halogens is 1. The van der Waals surface area contributed by atoms with Gasteiger partial charge in [0.05, 0.1) is 5.56 Å². The molecule has 0 bridgehead atoms. The number of rotatable bonds is 2. The number of carbonyl (C=O) groups excluding carboxylic acids is 2. The first-order valence-corrected chi connectivity index (χ1v) is 7.56. The minimum atomic E-state index is -0.561. The van der Waals surface area contributed by atoms with Crippen LogP contribution in [0.3, 0.4) is 0 Å². The van der Waals surface area contributed by atoms with Crippen molar-refractivity contribution in [1.29, 1.82) is 0 Å². The van der Waals surface area contributed by atoms with Gasteiger partial charge in [0.1, 0.15) is 12.4 Å². The molecule has 23 heavy (non-hydrogen) atoms. The highest BCUT2D eigenvalue weighted by atomic mass is 19.1. The first-order valence-electron chi connectivity index (χ1n) is 7.56. The van der Waals surface area contributed by atoms with Crippen molar-refractivity contribution >= 4 is 17.5 Å². The normalized spacial score (nSPS) is 15.4. The molecule has 0 saturated carbocycles. The van der Waals surface area contributed by atoms with Crippen LogP contribution in [0, 0.1) is 5.82 Å². The molecule has 1 aliphatic heterocycles. The Morgan fingerprint density at radius 2 is 1.65 bits per heavy atom. The second-order valence-electron chi connectivity index (χ2n) is 5.44. The summed E-state index contributed by atoms with van der Waals surface area (Å²) in [7, 11) is 0. The lowest BCUT2D eigenvalue weighted by molar-refractivity contribution is -0.118. The SMILES string of the molecule is O=C(c1ccccc1F)N1CCCN(c2ccccc2)C(=O)C1. The summed E-state index contributed by atoms with van der Waals surface area (Å²) in [5.41, 5.74) is 0.825. The molecule has 0 aliphatic carbocycles. The zero-order valence-electron chi connectivity index (χ0n) is 12.6. The van der Waals surface area contributed by atoms with E-state index in [4.69, 9.17) is 0 Å². The van der Waals surface area contributed by atoms with Crippen LogP contribution in [0.2, 0.25) is 0 Å². The molecule has 1 saturated heterocycles. The Morgan fingerprint density at radius 1 is 0.957 bits per heavy atom. The molecule has 2 aromatic carbocycles. The van der Waals surface area contributed by atoms with Crippen LogP contribution < -0.4 is 4.90 Å². The maximum Gasteiger partial charge on any atom is 0.257 e. The Kier molecular flexibility index (Phi) is 4.37. The zero-order chi connectivity index (χ0) is 16.2. The Balaban J connectivity index is 1.79. The average Bonchev–Trinajstić information content (AvgIpc) is 2.77. The second kappa shape index (κ2) is 6.60. The predicted octanol–water partition coefficient (Wildman–Crippen LogP) is 2.70. The molecule has 0 radical (unpaired) electrons. The van der Waals surface area contributed by atoms with Crippen LogP contribution in [0.15, 0.2) is 54.6 Å². The molecule has 1 heterocycles. The average molecular weight is 312 g/mol. The summed E-state index contributed by atoms with van der Waals surface area (Å²) in [6.45, 7) is 0.939. The third kappa shape index (κ3) is 3.23. The molecule has 0 N–H and O–H groups in total. The van der Waals surface area contributed by atoms with Crippen molar-refractivity contribution in [2.75, 3.05) is 24.5 Å². The van der Waals surface area contributed by atoms with Crippen molar-refractivity contribution in [2.45, 2.75) is 6.42 Å². The lowest BCUT2D eigenvalue weighted by atomic mass is 10.2. The van der Waals surface area contributed by atoms with Crippen LogP contribution in [0.1, 0.15) is 16.8 Å². The third-order valence-electron chi connectivity index (χ3n) is 3.90. The lowest BCUT2D eigenvalue weighted by Crippen LogP contribution is -2.39. The van der Waals surface area contributed by atoms with E-state index in [0.29, 0.717) is 19.5 Å².